The summed E-state index contributed by atoms with van der Waals surface area (Å²) in [5, 5.41) is 11.8. The van der Waals surface area contributed by atoms with E-state index in [9.17, 15) is 4.79 Å². The second-order valence-electron chi connectivity index (χ2n) is 5.94. The fraction of sp³-hybridized carbons (Fsp3) is 0.353. The van der Waals surface area contributed by atoms with Crippen molar-refractivity contribution in [1.29, 1.82) is 0 Å². The van der Waals surface area contributed by atoms with Crippen molar-refractivity contribution in [2.75, 3.05) is 12.4 Å². The highest BCUT2D eigenvalue weighted by Gasteiger charge is 2.26. The molecule has 3 rings (SSSR count). The summed E-state index contributed by atoms with van der Waals surface area (Å²) in [5.74, 6) is 0.693. The van der Waals surface area contributed by atoms with E-state index in [-0.39, 0.29) is 5.78 Å². The molecule has 2 heterocycles. The number of methoxy groups -OCH3 is 1. The molecule has 0 spiro atoms. The highest BCUT2D eigenvalue weighted by molar-refractivity contribution is 6.42. The molecule has 0 saturated heterocycles. The van der Waals surface area contributed by atoms with Gasteiger partial charge in [0.15, 0.2) is 12.2 Å². The normalized spacial score (nSPS) is 17.5. The number of nitrogens with one attached hydrogen (secondary N) is 2. The van der Waals surface area contributed by atoms with E-state index >= 15 is 0 Å². The first kappa shape index (κ1) is 18.7. The van der Waals surface area contributed by atoms with Gasteiger partial charge in [0.25, 0.3) is 0 Å². The molecule has 1 aliphatic rings. The standard InChI is InChI=1S/C17H19Cl2N5O2/c1-10(25)5-6-24-9-14-15(23-24)16(26-2)22-17(21-14)20-8-11-3-4-12(18)13(19)7-11/h3-4,7,9,16H,5-6,8H2,1-2H3,(H2,20,21,22). The highest BCUT2D eigenvalue weighted by atomic mass is 35.5. The van der Waals surface area contributed by atoms with Gasteiger partial charge >= 0.3 is 0 Å². The van der Waals surface area contributed by atoms with Gasteiger partial charge < -0.3 is 15.4 Å². The molecule has 1 aromatic heterocycles. The first-order chi connectivity index (χ1) is 12.5. The molecule has 0 fully saturated rings. The Morgan fingerprint density at radius 1 is 1.38 bits per heavy atom. The number of ketones is 1. The summed E-state index contributed by atoms with van der Waals surface area (Å²) in [6.07, 6.45) is 1.86. The smallest absolute Gasteiger partial charge is 0.198 e. The number of aliphatic imine (C=N–C) groups is 1. The number of halogens is 2. The predicted molar refractivity (Wildman–Crippen MR) is 102 cm³/mol. The summed E-state index contributed by atoms with van der Waals surface area (Å²) in [4.78, 5) is 15.7. The number of rotatable bonds is 6. The Labute approximate surface area is 161 Å². The van der Waals surface area contributed by atoms with Crippen LogP contribution in [0.25, 0.3) is 0 Å². The lowest BCUT2D eigenvalue weighted by atomic mass is 10.2. The number of Topliss-reactive ketones (excluding diaryl/α,β-unsaturated/α-hetero) is 1. The zero-order chi connectivity index (χ0) is 18.7. The fourth-order valence-corrected chi connectivity index (χ4v) is 2.85. The average molecular weight is 396 g/mol. The number of guanidine groups is 1. The molecule has 0 bridgehead atoms. The van der Waals surface area contributed by atoms with Crippen molar-refractivity contribution in [2.24, 2.45) is 4.99 Å². The number of aryl methyl sites for hydroxylation is 1. The second-order valence-corrected chi connectivity index (χ2v) is 6.76. The highest BCUT2D eigenvalue weighted by Crippen LogP contribution is 2.26. The maximum Gasteiger partial charge on any atom is 0.198 e. The maximum atomic E-state index is 11.2. The van der Waals surface area contributed by atoms with Gasteiger partial charge in [0, 0.05) is 26.3 Å². The van der Waals surface area contributed by atoms with Crippen LogP contribution in [0.15, 0.2) is 29.4 Å². The molecular weight excluding hydrogens is 377 g/mol. The van der Waals surface area contributed by atoms with E-state index in [1.807, 2.05) is 12.3 Å². The molecule has 0 saturated carbocycles. The van der Waals surface area contributed by atoms with E-state index in [4.69, 9.17) is 27.9 Å². The van der Waals surface area contributed by atoms with Crippen LogP contribution in [0.4, 0.5) is 5.69 Å². The quantitative estimate of drug-likeness (QED) is 0.783. The van der Waals surface area contributed by atoms with Gasteiger partial charge in [0.1, 0.15) is 11.5 Å². The van der Waals surface area contributed by atoms with E-state index in [1.54, 1.807) is 30.8 Å². The van der Waals surface area contributed by atoms with Crippen LogP contribution in [0, 0.1) is 0 Å². The van der Waals surface area contributed by atoms with Crippen molar-refractivity contribution in [3.63, 3.8) is 0 Å². The van der Waals surface area contributed by atoms with Crippen LogP contribution >= 0.6 is 23.2 Å². The van der Waals surface area contributed by atoms with Gasteiger partial charge in [0.05, 0.1) is 22.3 Å². The molecule has 1 aliphatic heterocycles. The van der Waals surface area contributed by atoms with Crippen molar-refractivity contribution in [2.45, 2.75) is 32.7 Å². The molecule has 2 aromatic rings. The summed E-state index contributed by atoms with van der Waals surface area (Å²) < 4.78 is 7.19. The van der Waals surface area contributed by atoms with Crippen LogP contribution in [-0.4, -0.2) is 28.6 Å². The molecule has 1 atom stereocenters. The zero-order valence-corrected chi connectivity index (χ0v) is 15.9. The summed E-state index contributed by atoms with van der Waals surface area (Å²) in [7, 11) is 1.60. The van der Waals surface area contributed by atoms with Crippen molar-refractivity contribution < 1.29 is 9.53 Å². The maximum absolute atomic E-state index is 11.2. The van der Waals surface area contributed by atoms with Gasteiger partial charge in [-0.15, -0.1) is 0 Å². The Balaban J connectivity index is 1.75. The number of benzene rings is 1. The van der Waals surface area contributed by atoms with Gasteiger partial charge in [-0.1, -0.05) is 29.3 Å². The molecular formula is C17H19Cl2N5O2. The van der Waals surface area contributed by atoms with Gasteiger partial charge in [-0.2, -0.15) is 5.10 Å². The molecule has 9 heteroatoms. The minimum absolute atomic E-state index is 0.122. The zero-order valence-electron chi connectivity index (χ0n) is 14.4. The van der Waals surface area contributed by atoms with E-state index in [2.05, 4.69) is 20.7 Å². The van der Waals surface area contributed by atoms with Gasteiger partial charge in [-0.05, 0) is 24.6 Å². The molecule has 7 nitrogen and oxygen atoms in total. The number of anilines is 1. The lowest BCUT2D eigenvalue weighted by molar-refractivity contribution is -0.117. The summed E-state index contributed by atoms with van der Waals surface area (Å²) >= 11 is 12.0. The summed E-state index contributed by atoms with van der Waals surface area (Å²) in [6, 6.07) is 5.41. The number of ether oxygens (including phenoxy) is 1. The Morgan fingerprint density at radius 2 is 2.19 bits per heavy atom. The molecule has 1 aromatic carbocycles. The SMILES string of the molecule is COC1NC(=NCc2ccc(Cl)c(Cl)c2)Nc2cn(CCC(C)=O)nc21. The number of aromatic nitrogens is 2. The number of fused-ring (bicyclic) bond motifs is 1. The van der Waals surface area contributed by atoms with Gasteiger partial charge in [-0.3, -0.25) is 9.48 Å². The van der Waals surface area contributed by atoms with E-state index < -0.39 is 6.23 Å². The van der Waals surface area contributed by atoms with Crippen LogP contribution in [0.2, 0.25) is 10.0 Å². The Bertz CT molecular complexity index is 850. The topological polar surface area (TPSA) is 80.5 Å². The van der Waals surface area contributed by atoms with Crippen LogP contribution in [0.5, 0.6) is 0 Å². The largest absolute Gasteiger partial charge is 0.356 e. The number of nitrogens with zero attached hydrogens (tertiary/aromatic N) is 3. The predicted octanol–water partition coefficient (Wildman–Crippen LogP) is 3.39. The number of hydrogen-bond acceptors (Lipinski definition) is 4. The third kappa shape index (κ3) is 4.35. The third-order valence-corrected chi connectivity index (χ3v) is 4.63. The Morgan fingerprint density at radius 3 is 2.88 bits per heavy atom. The fourth-order valence-electron chi connectivity index (χ4n) is 2.53. The molecule has 0 amide bonds. The van der Waals surface area contributed by atoms with Crippen molar-refractivity contribution in [3.05, 3.63) is 45.7 Å². The Kier molecular flexibility index (Phi) is 5.80. The first-order valence-electron chi connectivity index (χ1n) is 8.08. The third-order valence-electron chi connectivity index (χ3n) is 3.89. The molecule has 1 unspecified atom stereocenters. The summed E-state index contributed by atoms with van der Waals surface area (Å²) in [5.41, 5.74) is 2.46. The van der Waals surface area contributed by atoms with Crippen molar-refractivity contribution in [3.8, 4) is 0 Å². The summed E-state index contributed by atoms with van der Waals surface area (Å²) in [6.45, 7) is 2.52. The average Bonchev–Trinajstić information content (AvgIpc) is 3.03. The monoisotopic (exact) mass is 395 g/mol. The molecule has 26 heavy (non-hydrogen) atoms. The molecule has 0 aliphatic carbocycles. The van der Waals surface area contributed by atoms with Crippen LogP contribution in [-0.2, 0) is 22.6 Å². The molecule has 2 N–H and O–H groups in total. The van der Waals surface area contributed by atoms with Gasteiger partial charge in [-0.25, -0.2) is 4.99 Å². The molecule has 0 radical (unpaired) electrons. The number of carbonyl (C=O) groups excluding carboxylic acids is 1. The van der Waals surface area contributed by atoms with Crippen molar-refractivity contribution >= 4 is 40.6 Å². The second kappa shape index (κ2) is 8.07. The number of hydrogen-bond donors (Lipinski definition) is 2. The van der Waals surface area contributed by atoms with Crippen LogP contribution in [0.1, 0.15) is 30.8 Å². The van der Waals surface area contributed by atoms with Gasteiger partial charge in [0.2, 0.25) is 0 Å². The van der Waals surface area contributed by atoms with E-state index in [1.165, 1.54) is 0 Å². The lowest BCUT2D eigenvalue weighted by Gasteiger charge is -2.24. The van der Waals surface area contributed by atoms with E-state index in [0.29, 0.717) is 35.5 Å². The van der Waals surface area contributed by atoms with E-state index in [0.717, 1.165) is 16.9 Å². The van der Waals surface area contributed by atoms with Crippen molar-refractivity contribution in [1.82, 2.24) is 15.1 Å². The number of carbonyl (C=O) groups is 1. The minimum atomic E-state index is -0.419. The van der Waals surface area contributed by atoms with Crippen LogP contribution in [0.3, 0.4) is 0 Å². The Hall–Kier alpha value is -2.09. The lowest BCUT2D eigenvalue weighted by Crippen LogP contribution is -2.39. The minimum Gasteiger partial charge on any atom is -0.356 e. The van der Waals surface area contributed by atoms with Crippen LogP contribution < -0.4 is 10.6 Å². The first-order valence-corrected chi connectivity index (χ1v) is 8.83. The molecule has 138 valence electrons.